The van der Waals surface area contributed by atoms with Gasteiger partial charge in [0.25, 0.3) is 0 Å². The quantitative estimate of drug-likeness (QED) is 0.790. The Labute approximate surface area is 141 Å². The average Bonchev–Trinajstić information content (AvgIpc) is 2.53. The Morgan fingerprint density at radius 3 is 2.50 bits per heavy atom. The number of carbonyl (C=O) groups excluding carboxylic acids is 2. The Hall–Kier alpha value is -2.31. The van der Waals surface area contributed by atoms with Gasteiger partial charge in [0.05, 0.1) is 7.11 Å². The number of pyridine rings is 1. The second kappa shape index (κ2) is 7.51. The number of aromatic nitrogens is 1. The van der Waals surface area contributed by atoms with Gasteiger partial charge >= 0.3 is 12.1 Å². The smallest absolute Gasteiger partial charge is 0.410 e. The molecular weight excluding hydrogens is 312 g/mol. The standard InChI is InChI=1S/C17H24N2O5/c1-17(2,3)24-16(21)19-10-7-12(8-11-19)23-13-6-5-9-18-14(13)15(20)22-4/h5-6,9,12H,7-8,10-11H2,1-4H3. The van der Waals surface area contributed by atoms with Gasteiger partial charge in [-0.25, -0.2) is 14.6 Å². The third-order valence-electron chi connectivity index (χ3n) is 3.54. The van der Waals surface area contributed by atoms with Gasteiger partial charge in [-0.1, -0.05) is 0 Å². The van der Waals surface area contributed by atoms with Crippen LogP contribution >= 0.6 is 0 Å². The van der Waals surface area contributed by atoms with Crippen LogP contribution in [0, 0.1) is 0 Å². The van der Waals surface area contributed by atoms with Crippen LogP contribution in [0.3, 0.4) is 0 Å². The number of ether oxygens (including phenoxy) is 3. The molecule has 0 N–H and O–H groups in total. The highest BCUT2D eigenvalue weighted by atomic mass is 16.6. The van der Waals surface area contributed by atoms with Gasteiger partial charge in [-0.05, 0) is 32.9 Å². The summed E-state index contributed by atoms with van der Waals surface area (Å²) in [5.41, 5.74) is -0.343. The minimum absolute atomic E-state index is 0.0868. The number of nitrogens with zero attached hydrogens (tertiary/aromatic N) is 2. The molecule has 2 rings (SSSR count). The van der Waals surface area contributed by atoms with Crippen LogP contribution in [0.4, 0.5) is 4.79 Å². The average molecular weight is 336 g/mol. The molecule has 7 nitrogen and oxygen atoms in total. The molecule has 0 saturated carbocycles. The minimum atomic E-state index is -0.531. The van der Waals surface area contributed by atoms with Crippen LogP contribution in [0.5, 0.6) is 5.75 Å². The number of likely N-dealkylation sites (tertiary alicyclic amines) is 1. The lowest BCUT2D eigenvalue weighted by Crippen LogP contribution is -2.44. The highest BCUT2D eigenvalue weighted by Gasteiger charge is 2.28. The van der Waals surface area contributed by atoms with Crippen molar-refractivity contribution in [2.75, 3.05) is 20.2 Å². The van der Waals surface area contributed by atoms with E-state index in [1.54, 1.807) is 17.0 Å². The van der Waals surface area contributed by atoms with E-state index in [-0.39, 0.29) is 17.9 Å². The summed E-state index contributed by atoms with van der Waals surface area (Å²) in [5.74, 6) is -0.128. The van der Waals surface area contributed by atoms with Crippen molar-refractivity contribution in [2.45, 2.75) is 45.3 Å². The van der Waals surface area contributed by atoms with Gasteiger partial charge in [-0.3, -0.25) is 0 Å². The molecule has 1 saturated heterocycles. The maximum Gasteiger partial charge on any atom is 0.410 e. The van der Waals surface area contributed by atoms with Crippen molar-refractivity contribution in [1.29, 1.82) is 0 Å². The zero-order valence-corrected chi connectivity index (χ0v) is 14.6. The molecular formula is C17H24N2O5. The van der Waals surface area contributed by atoms with Gasteiger partial charge in [0.15, 0.2) is 11.4 Å². The molecule has 0 unspecified atom stereocenters. The van der Waals surface area contributed by atoms with Crippen LogP contribution in [-0.2, 0) is 9.47 Å². The fraction of sp³-hybridized carbons (Fsp3) is 0.588. The normalized spacial score (nSPS) is 15.8. The third kappa shape index (κ3) is 4.84. The van der Waals surface area contributed by atoms with Crippen molar-refractivity contribution in [3.05, 3.63) is 24.0 Å². The summed E-state index contributed by atoms with van der Waals surface area (Å²) in [6.45, 7) is 6.63. The van der Waals surface area contributed by atoms with E-state index in [0.29, 0.717) is 31.7 Å². The Bertz CT molecular complexity index is 589. The van der Waals surface area contributed by atoms with E-state index < -0.39 is 11.6 Å². The summed E-state index contributed by atoms with van der Waals surface area (Å²) in [5, 5.41) is 0. The van der Waals surface area contributed by atoms with E-state index in [4.69, 9.17) is 14.2 Å². The summed E-state index contributed by atoms with van der Waals surface area (Å²) in [4.78, 5) is 29.5. The molecule has 1 aromatic rings. The molecule has 7 heteroatoms. The lowest BCUT2D eigenvalue weighted by molar-refractivity contribution is 0.0125. The molecule has 1 fully saturated rings. The van der Waals surface area contributed by atoms with Crippen molar-refractivity contribution in [3.8, 4) is 5.75 Å². The maximum absolute atomic E-state index is 12.1. The zero-order valence-electron chi connectivity index (χ0n) is 14.6. The van der Waals surface area contributed by atoms with Crippen LogP contribution < -0.4 is 4.74 Å². The van der Waals surface area contributed by atoms with Crippen molar-refractivity contribution >= 4 is 12.1 Å². The van der Waals surface area contributed by atoms with Crippen LogP contribution in [0.25, 0.3) is 0 Å². The first kappa shape index (κ1) is 18.0. The number of methoxy groups -OCH3 is 1. The molecule has 1 aromatic heterocycles. The largest absolute Gasteiger partial charge is 0.488 e. The number of rotatable bonds is 3. The monoisotopic (exact) mass is 336 g/mol. The Kier molecular flexibility index (Phi) is 5.64. The van der Waals surface area contributed by atoms with Gasteiger partial charge in [-0.15, -0.1) is 0 Å². The molecule has 0 radical (unpaired) electrons. The predicted octanol–water partition coefficient (Wildman–Crippen LogP) is 2.65. The van der Waals surface area contributed by atoms with Crippen LogP contribution in [0.1, 0.15) is 44.1 Å². The number of carbonyl (C=O) groups is 2. The molecule has 1 aliphatic rings. The summed E-state index contributed by atoms with van der Waals surface area (Å²) < 4.78 is 16.0. The molecule has 0 bridgehead atoms. The topological polar surface area (TPSA) is 78.0 Å². The van der Waals surface area contributed by atoms with Gasteiger partial charge < -0.3 is 19.1 Å². The molecule has 24 heavy (non-hydrogen) atoms. The van der Waals surface area contributed by atoms with Gasteiger partial charge in [0.2, 0.25) is 0 Å². The maximum atomic E-state index is 12.1. The number of hydrogen-bond acceptors (Lipinski definition) is 6. The SMILES string of the molecule is COC(=O)c1ncccc1OC1CCN(C(=O)OC(C)(C)C)CC1. The highest BCUT2D eigenvalue weighted by Crippen LogP contribution is 2.23. The van der Waals surface area contributed by atoms with Crippen molar-refractivity contribution in [3.63, 3.8) is 0 Å². The second-order valence-electron chi connectivity index (χ2n) is 6.63. The summed E-state index contributed by atoms with van der Waals surface area (Å²) >= 11 is 0. The van der Waals surface area contributed by atoms with Crippen molar-refractivity contribution in [2.24, 2.45) is 0 Å². The summed E-state index contributed by atoms with van der Waals surface area (Å²) in [6, 6.07) is 3.40. The van der Waals surface area contributed by atoms with Crippen LogP contribution in [0.15, 0.2) is 18.3 Å². The third-order valence-corrected chi connectivity index (χ3v) is 3.54. The van der Waals surface area contributed by atoms with Gasteiger partial charge in [-0.2, -0.15) is 0 Å². The lowest BCUT2D eigenvalue weighted by Gasteiger charge is -2.33. The van der Waals surface area contributed by atoms with E-state index in [1.165, 1.54) is 13.3 Å². The molecule has 0 spiro atoms. The first-order valence-corrected chi connectivity index (χ1v) is 7.98. The predicted molar refractivity (Wildman–Crippen MR) is 87.0 cm³/mol. The van der Waals surface area contributed by atoms with Crippen LogP contribution in [0.2, 0.25) is 0 Å². The number of amides is 1. The fourth-order valence-corrected chi connectivity index (χ4v) is 2.40. The van der Waals surface area contributed by atoms with E-state index >= 15 is 0 Å². The zero-order chi connectivity index (χ0) is 17.7. The van der Waals surface area contributed by atoms with E-state index in [9.17, 15) is 9.59 Å². The number of esters is 1. The van der Waals surface area contributed by atoms with Crippen LogP contribution in [-0.4, -0.2) is 53.9 Å². The van der Waals surface area contributed by atoms with Gasteiger partial charge in [0.1, 0.15) is 11.7 Å². The van der Waals surface area contributed by atoms with E-state index in [1.807, 2.05) is 20.8 Å². The number of piperidine rings is 1. The minimum Gasteiger partial charge on any atom is -0.488 e. The molecule has 0 atom stereocenters. The van der Waals surface area contributed by atoms with Crippen molar-refractivity contribution < 1.29 is 23.8 Å². The molecule has 0 aromatic carbocycles. The molecule has 0 aliphatic carbocycles. The number of hydrogen-bond donors (Lipinski definition) is 0. The first-order valence-electron chi connectivity index (χ1n) is 7.98. The molecule has 1 aliphatic heterocycles. The Morgan fingerprint density at radius 1 is 1.25 bits per heavy atom. The van der Waals surface area contributed by atoms with Crippen molar-refractivity contribution in [1.82, 2.24) is 9.88 Å². The molecule has 132 valence electrons. The summed E-state index contributed by atoms with van der Waals surface area (Å²) in [6.07, 6.45) is 2.45. The first-order chi connectivity index (χ1) is 11.3. The molecule has 2 heterocycles. The lowest BCUT2D eigenvalue weighted by atomic mass is 10.1. The van der Waals surface area contributed by atoms with E-state index in [0.717, 1.165) is 0 Å². The van der Waals surface area contributed by atoms with Gasteiger partial charge in [0, 0.05) is 32.1 Å². The Balaban J connectivity index is 1.92. The van der Waals surface area contributed by atoms with E-state index in [2.05, 4.69) is 4.98 Å². The highest BCUT2D eigenvalue weighted by molar-refractivity contribution is 5.90. The summed E-state index contributed by atoms with van der Waals surface area (Å²) in [7, 11) is 1.31. The molecule has 1 amide bonds. The fourth-order valence-electron chi connectivity index (χ4n) is 2.40. The second-order valence-corrected chi connectivity index (χ2v) is 6.63. The Morgan fingerprint density at radius 2 is 1.92 bits per heavy atom.